The van der Waals surface area contributed by atoms with Gasteiger partial charge in [0.05, 0.1) is 0 Å². The number of carboxylic acid groups (broad SMARTS) is 1. The zero-order chi connectivity index (χ0) is 17.6. The topological polar surface area (TPSA) is 73.3 Å². The third-order valence-electron chi connectivity index (χ3n) is 4.06. The predicted octanol–water partition coefficient (Wildman–Crippen LogP) is 5.87. The first kappa shape index (κ1) is 20.1. The number of hydrogen-bond donors (Lipinski definition) is 3. The number of carbonyl (C=O) groups is 1. The van der Waals surface area contributed by atoms with Crippen molar-refractivity contribution >= 4 is 16.9 Å². The van der Waals surface area contributed by atoms with Crippen molar-refractivity contribution in [2.75, 3.05) is 0 Å². The van der Waals surface area contributed by atoms with E-state index in [1.54, 1.807) is 6.20 Å². The summed E-state index contributed by atoms with van der Waals surface area (Å²) >= 11 is 0. The Balaban J connectivity index is 0.000000250. The summed E-state index contributed by atoms with van der Waals surface area (Å²) in [6.45, 7) is 2.23. The van der Waals surface area contributed by atoms with Gasteiger partial charge in [-0.05, 0) is 18.6 Å². The third kappa shape index (κ3) is 8.61. The number of para-hydroxylation sites is 1. The fourth-order valence-corrected chi connectivity index (χ4v) is 2.64. The van der Waals surface area contributed by atoms with Crippen molar-refractivity contribution in [3.63, 3.8) is 0 Å². The lowest BCUT2D eigenvalue weighted by Crippen LogP contribution is -1.93. The first-order valence-electron chi connectivity index (χ1n) is 9.12. The molecule has 0 fully saturated rings. The van der Waals surface area contributed by atoms with E-state index in [-0.39, 0.29) is 0 Å². The van der Waals surface area contributed by atoms with Crippen molar-refractivity contribution in [3.8, 4) is 5.75 Å². The minimum atomic E-state index is -0.659. The van der Waals surface area contributed by atoms with Crippen molar-refractivity contribution in [3.05, 3.63) is 30.5 Å². The third-order valence-corrected chi connectivity index (χ3v) is 4.06. The van der Waals surface area contributed by atoms with Crippen LogP contribution in [0.25, 0.3) is 10.9 Å². The van der Waals surface area contributed by atoms with Gasteiger partial charge in [0.2, 0.25) is 0 Å². The van der Waals surface area contributed by atoms with Crippen LogP contribution in [0.4, 0.5) is 0 Å². The Morgan fingerprint density at radius 1 is 0.958 bits per heavy atom. The van der Waals surface area contributed by atoms with E-state index < -0.39 is 5.97 Å². The fraction of sp³-hybridized carbons (Fsp3) is 0.550. The number of fused-ring (bicyclic) bond motifs is 1. The minimum Gasteiger partial charge on any atom is -0.506 e. The number of hydrogen-bond acceptors (Lipinski definition) is 2. The molecule has 24 heavy (non-hydrogen) atoms. The molecular formula is C20H31NO3. The van der Waals surface area contributed by atoms with E-state index in [0.717, 1.165) is 23.7 Å². The standard InChI is InChI=1S/C12H24O2.C8H7NO/c1-2-3-4-5-6-7-8-9-10-11-12(13)14;10-8-5-9-7-4-2-1-3-6(7)8/h2-11H2,1H3,(H,13,14);1-5,9-10H. The molecule has 0 aliphatic rings. The maximum Gasteiger partial charge on any atom is 0.303 e. The van der Waals surface area contributed by atoms with Gasteiger partial charge in [-0.25, -0.2) is 0 Å². The maximum absolute atomic E-state index is 10.2. The number of unbranched alkanes of at least 4 members (excludes halogenated alkanes) is 8. The highest BCUT2D eigenvalue weighted by molar-refractivity contribution is 5.85. The number of aromatic nitrogens is 1. The molecule has 2 aromatic rings. The van der Waals surface area contributed by atoms with Crippen LogP contribution in [-0.2, 0) is 4.79 Å². The van der Waals surface area contributed by atoms with Crippen molar-refractivity contribution in [2.45, 2.75) is 71.1 Å². The van der Waals surface area contributed by atoms with Crippen molar-refractivity contribution in [2.24, 2.45) is 0 Å². The highest BCUT2D eigenvalue weighted by atomic mass is 16.4. The molecule has 0 saturated carbocycles. The molecular weight excluding hydrogens is 302 g/mol. The lowest BCUT2D eigenvalue weighted by atomic mass is 10.1. The van der Waals surface area contributed by atoms with Gasteiger partial charge >= 0.3 is 5.97 Å². The Morgan fingerprint density at radius 2 is 1.54 bits per heavy atom. The number of aromatic hydroxyl groups is 1. The number of aliphatic carboxylic acids is 1. The lowest BCUT2D eigenvalue weighted by Gasteiger charge is -2.00. The van der Waals surface area contributed by atoms with Crippen LogP contribution in [0.2, 0.25) is 0 Å². The summed E-state index contributed by atoms with van der Waals surface area (Å²) in [6.07, 6.45) is 13.1. The largest absolute Gasteiger partial charge is 0.506 e. The molecule has 0 saturated heterocycles. The van der Waals surface area contributed by atoms with Gasteiger partial charge in [0.25, 0.3) is 0 Å². The molecule has 0 spiro atoms. The highest BCUT2D eigenvalue weighted by Gasteiger charge is 1.97. The van der Waals surface area contributed by atoms with E-state index in [1.165, 1.54) is 44.9 Å². The zero-order valence-corrected chi connectivity index (χ0v) is 14.8. The van der Waals surface area contributed by atoms with Crippen molar-refractivity contribution < 1.29 is 15.0 Å². The number of H-pyrrole nitrogens is 1. The second-order valence-electron chi connectivity index (χ2n) is 6.19. The van der Waals surface area contributed by atoms with Crippen LogP contribution in [0.3, 0.4) is 0 Å². The Bertz CT molecular complexity index is 577. The molecule has 4 heteroatoms. The Morgan fingerprint density at radius 3 is 2.12 bits per heavy atom. The summed E-state index contributed by atoms with van der Waals surface area (Å²) in [6, 6.07) is 7.63. The van der Waals surface area contributed by atoms with E-state index in [0.29, 0.717) is 12.2 Å². The van der Waals surface area contributed by atoms with Crippen LogP contribution in [0.1, 0.15) is 71.1 Å². The van der Waals surface area contributed by atoms with Crippen LogP contribution >= 0.6 is 0 Å². The smallest absolute Gasteiger partial charge is 0.303 e. The van der Waals surface area contributed by atoms with Gasteiger partial charge in [0, 0.05) is 23.5 Å². The Kier molecular flexibility index (Phi) is 10.4. The van der Waals surface area contributed by atoms with Crippen LogP contribution in [-0.4, -0.2) is 21.2 Å². The molecule has 0 unspecified atom stereocenters. The molecule has 134 valence electrons. The first-order valence-corrected chi connectivity index (χ1v) is 9.12. The quantitative estimate of drug-likeness (QED) is 0.476. The summed E-state index contributed by atoms with van der Waals surface area (Å²) in [5.74, 6) is -0.344. The van der Waals surface area contributed by atoms with E-state index in [1.807, 2.05) is 24.3 Å². The molecule has 0 bridgehead atoms. The molecule has 1 aromatic heterocycles. The molecule has 1 heterocycles. The number of nitrogens with one attached hydrogen (secondary N) is 1. The lowest BCUT2D eigenvalue weighted by molar-refractivity contribution is -0.137. The highest BCUT2D eigenvalue weighted by Crippen LogP contribution is 2.22. The summed E-state index contributed by atoms with van der Waals surface area (Å²) in [5.41, 5.74) is 0.972. The molecule has 0 radical (unpaired) electrons. The maximum atomic E-state index is 10.2. The van der Waals surface area contributed by atoms with Gasteiger partial charge in [-0.3, -0.25) is 4.79 Å². The normalized spacial score (nSPS) is 10.4. The molecule has 0 aliphatic heterocycles. The van der Waals surface area contributed by atoms with Crippen molar-refractivity contribution in [1.82, 2.24) is 4.98 Å². The second-order valence-corrected chi connectivity index (χ2v) is 6.19. The predicted molar refractivity (Wildman–Crippen MR) is 99.4 cm³/mol. The van der Waals surface area contributed by atoms with E-state index in [2.05, 4.69) is 11.9 Å². The Hall–Kier alpha value is -1.97. The van der Waals surface area contributed by atoms with Crippen LogP contribution in [0.15, 0.2) is 30.5 Å². The van der Waals surface area contributed by atoms with Crippen molar-refractivity contribution in [1.29, 1.82) is 0 Å². The molecule has 2 rings (SSSR count). The monoisotopic (exact) mass is 333 g/mol. The van der Waals surface area contributed by atoms with E-state index in [9.17, 15) is 9.90 Å². The molecule has 0 amide bonds. The number of benzene rings is 1. The second kappa shape index (κ2) is 12.5. The first-order chi connectivity index (χ1) is 11.6. The van der Waals surface area contributed by atoms with Gasteiger partial charge in [-0.2, -0.15) is 0 Å². The summed E-state index contributed by atoms with van der Waals surface area (Å²) < 4.78 is 0. The summed E-state index contributed by atoms with van der Waals surface area (Å²) in [4.78, 5) is 13.1. The number of aromatic amines is 1. The summed E-state index contributed by atoms with van der Waals surface area (Å²) in [5, 5.41) is 18.5. The fourth-order valence-electron chi connectivity index (χ4n) is 2.64. The molecule has 0 aliphatic carbocycles. The van der Waals surface area contributed by atoms with Gasteiger partial charge in [0.15, 0.2) is 0 Å². The van der Waals surface area contributed by atoms with E-state index in [4.69, 9.17) is 5.11 Å². The van der Waals surface area contributed by atoms with Crippen LogP contribution in [0.5, 0.6) is 5.75 Å². The average molecular weight is 333 g/mol. The molecule has 0 atom stereocenters. The molecule has 4 nitrogen and oxygen atoms in total. The number of carboxylic acids is 1. The van der Waals surface area contributed by atoms with Gasteiger partial charge in [-0.1, -0.05) is 70.4 Å². The van der Waals surface area contributed by atoms with Gasteiger partial charge < -0.3 is 15.2 Å². The summed E-state index contributed by atoms with van der Waals surface area (Å²) in [7, 11) is 0. The average Bonchev–Trinajstić information content (AvgIpc) is 2.95. The number of rotatable bonds is 10. The van der Waals surface area contributed by atoms with Gasteiger partial charge in [0.1, 0.15) is 5.75 Å². The van der Waals surface area contributed by atoms with E-state index >= 15 is 0 Å². The SMILES string of the molecule is CCCCCCCCCCCC(=O)O.Oc1c[nH]c2ccccc12. The van der Waals surface area contributed by atoms with Crippen LogP contribution in [0, 0.1) is 0 Å². The zero-order valence-electron chi connectivity index (χ0n) is 14.8. The van der Waals surface area contributed by atoms with Crippen LogP contribution < -0.4 is 0 Å². The minimum absolute atomic E-state index is 0.315. The Labute approximate surface area is 144 Å². The van der Waals surface area contributed by atoms with Gasteiger partial charge in [-0.15, -0.1) is 0 Å². The molecule has 3 N–H and O–H groups in total. The molecule has 1 aromatic carbocycles.